The molecular weight excluding hydrogens is 338 g/mol. The molecule has 0 spiro atoms. The van der Waals surface area contributed by atoms with E-state index in [0.717, 1.165) is 10.5 Å². The highest BCUT2D eigenvalue weighted by Crippen LogP contribution is 2.32. The van der Waals surface area contributed by atoms with Gasteiger partial charge in [0.25, 0.3) is 5.91 Å². The van der Waals surface area contributed by atoms with E-state index in [9.17, 15) is 14.7 Å². The summed E-state index contributed by atoms with van der Waals surface area (Å²) in [6, 6.07) is 11.8. The van der Waals surface area contributed by atoms with E-state index in [1.165, 1.54) is 6.26 Å². The van der Waals surface area contributed by atoms with Crippen molar-refractivity contribution in [2.24, 2.45) is 5.41 Å². The van der Waals surface area contributed by atoms with Crippen molar-refractivity contribution >= 4 is 23.6 Å². The average Bonchev–Trinajstić information content (AvgIpc) is 3.08. The predicted octanol–water partition coefficient (Wildman–Crippen LogP) is 3.90. The van der Waals surface area contributed by atoms with E-state index >= 15 is 0 Å². The molecule has 1 aromatic heterocycles. The highest BCUT2D eigenvalue weighted by Gasteiger charge is 2.40. The normalized spacial score (nSPS) is 20.4. The molecule has 1 aliphatic rings. The molecule has 25 heavy (non-hydrogen) atoms. The molecule has 1 N–H and O–H groups in total. The maximum atomic E-state index is 12.8. The summed E-state index contributed by atoms with van der Waals surface area (Å²) in [5, 5.41) is 9.43. The zero-order valence-corrected chi connectivity index (χ0v) is 14.9. The number of hydrogen-bond donors (Lipinski definition) is 1. The lowest BCUT2D eigenvalue weighted by atomic mass is 9.82. The van der Waals surface area contributed by atoms with Crippen LogP contribution in [0.25, 0.3) is 0 Å². The molecule has 1 aromatic carbocycles. The molecule has 2 heterocycles. The molecule has 1 unspecified atom stereocenters. The van der Waals surface area contributed by atoms with E-state index < -0.39 is 11.4 Å². The SMILES string of the molecule is CC1(C(=O)O)CCCN(C(=O)c2occc2CSc2ccccc2)C1. The van der Waals surface area contributed by atoms with Crippen LogP contribution in [-0.4, -0.2) is 35.0 Å². The molecule has 0 saturated carbocycles. The Morgan fingerprint density at radius 3 is 2.76 bits per heavy atom. The lowest BCUT2D eigenvalue weighted by Gasteiger charge is -2.37. The van der Waals surface area contributed by atoms with Gasteiger partial charge in [-0.3, -0.25) is 9.59 Å². The van der Waals surface area contributed by atoms with Crippen molar-refractivity contribution in [2.45, 2.75) is 30.4 Å². The summed E-state index contributed by atoms with van der Waals surface area (Å²) < 4.78 is 5.44. The minimum Gasteiger partial charge on any atom is -0.481 e. The number of amides is 1. The number of benzene rings is 1. The van der Waals surface area contributed by atoms with Crippen molar-refractivity contribution in [1.29, 1.82) is 0 Å². The maximum Gasteiger partial charge on any atom is 0.311 e. The van der Waals surface area contributed by atoms with Gasteiger partial charge >= 0.3 is 5.97 Å². The van der Waals surface area contributed by atoms with Crippen LogP contribution >= 0.6 is 11.8 Å². The largest absolute Gasteiger partial charge is 0.481 e. The topological polar surface area (TPSA) is 70.8 Å². The Hall–Kier alpha value is -2.21. The molecule has 0 aliphatic carbocycles. The molecule has 1 amide bonds. The zero-order chi connectivity index (χ0) is 17.9. The highest BCUT2D eigenvalue weighted by molar-refractivity contribution is 7.98. The Morgan fingerprint density at radius 1 is 1.28 bits per heavy atom. The number of carboxylic acid groups (broad SMARTS) is 1. The monoisotopic (exact) mass is 359 g/mol. The summed E-state index contributed by atoms with van der Waals surface area (Å²) in [6.45, 7) is 2.48. The number of piperidine rings is 1. The van der Waals surface area contributed by atoms with Gasteiger partial charge in [-0.15, -0.1) is 11.8 Å². The lowest BCUT2D eigenvalue weighted by molar-refractivity contribution is -0.150. The second-order valence-electron chi connectivity index (χ2n) is 6.57. The Morgan fingerprint density at radius 2 is 2.04 bits per heavy atom. The third-order valence-corrected chi connectivity index (χ3v) is 5.64. The number of aliphatic carboxylic acids is 1. The van der Waals surface area contributed by atoms with Crippen LogP contribution in [0.5, 0.6) is 0 Å². The number of carbonyl (C=O) groups is 2. The van der Waals surface area contributed by atoms with Crippen LogP contribution in [0.2, 0.25) is 0 Å². The van der Waals surface area contributed by atoms with Gasteiger partial charge in [-0.25, -0.2) is 0 Å². The fourth-order valence-electron chi connectivity index (χ4n) is 3.05. The van der Waals surface area contributed by atoms with Gasteiger partial charge in [-0.05, 0) is 38.0 Å². The number of carboxylic acids is 1. The second-order valence-corrected chi connectivity index (χ2v) is 7.62. The van der Waals surface area contributed by atoms with Gasteiger partial charge in [-0.1, -0.05) is 18.2 Å². The molecule has 1 aliphatic heterocycles. The summed E-state index contributed by atoms with van der Waals surface area (Å²) in [7, 11) is 0. The van der Waals surface area contributed by atoms with Gasteiger partial charge in [0, 0.05) is 29.3 Å². The van der Waals surface area contributed by atoms with Crippen LogP contribution in [0.1, 0.15) is 35.9 Å². The minimum absolute atomic E-state index is 0.215. The third-order valence-electron chi connectivity index (χ3n) is 4.58. The van der Waals surface area contributed by atoms with Gasteiger partial charge in [0.05, 0.1) is 11.7 Å². The number of nitrogens with zero attached hydrogens (tertiary/aromatic N) is 1. The smallest absolute Gasteiger partial charge is 0.311 e. The van der Waals surface area contributed by atoms with Gasteiger partial charge in [-0.2, -0.15) is 0 Å². The van der Waals surface area contributed by atoms with E-state index in [4.69, 9.17) is 4.42 Å². The van der Waals surface area contributed by atoms with Gasteiger partial charge < -0.3 is 14.4 Å². The first-order valence-corrected chi connectivity index (χ1v) is 9.25. The number of rotatable bonds is 5. The molecule has 0 bridgehead atoms. The van der Waals surface area contributed by atoms with Crippen LogP contribution in [0.15, 0.2) is 52.0 Å². The number of thioether (sulfide) groups is 1. The number of furan rings is 1. The number of hydrogen-bond acceptors (Lipinski definition) is 4. The van der Waals surface area contributed by atoms with E-state index in [0.29, 0.717) is 30.9 Å². The average molecular weight is 359 g/mol. The molecule has 1 atom stereocenters. The Kier molecular flexibility index (Phi) is 5.18. The summed E-state index contributed by atoms with van der Waals surface area (Å²) in [4.78, 5) is 27.1. The van der Waals surface area contributed by atoms with Gasteiger partial charge in [0.2, 0.25) is 0 Å². The Labute approximate surface area is 151 Å². The summed E-state index contributed by atoms with van der Waals surface area (Å²) in [5.74, 6) is -0.130. The van der Waals surface area contributed by atoms with Crippen LogP contribution < -0.4 is 0 Å². The Bertz CT molecular complexity index is 758. The first-order valence-electron chi connectivity index (χ1n) is 8.26. The minimum atomic E-state index is -0.889. The van der Waals surface area contributed by atoms with Crippen LogP contribution in [0, 0.1) is 5.41 Å². The standard InChI is InChI=1S/C19H21NO4S/c1-19(18(22)23)9-5-10-20(13-19)17(21)16-14(8-11-24-16)12-25-15-6-3-2-4-7-15/h2-4,6-8,11H,5,9-10,12-13H2,1H3,(H,22,23). The lowest BCUT2D eigenvalue weighted by Crippen LogP contribution is -2.48. The van der Waals surface area contributed by atoms with Crippen molar-refractivity contribution in [3.8, 4) is 0 Å². The number of carbonyl (C=O) groups excluding carboxylic acids is 1. The van der Waals surface area contributed by atoms with Crippen LogP contribution in [0.4, 0.5) is 0 Å². The fourth-order valence-corrected chi connectivity index (χ4v) is 3.94. The van der Waals surface area contributed by atoms with Gasteiger partial charge in [0.15, 0.2) is 5.76 Å². The Balaban J connectivity index is 1.71. The molecule has 1 fully saturated rings. The summed E-state index contributed by atoms with van der Waals surface area (Å²) in [6.07, 6.45) is 2.79. The molecule has 2 aromatic rings. The van der Waals surface area contributed by atoms with Crippen molar-refractivity contribution in [3.63, 3.8) is 0 Å². The zero-order valence-electron chi connectivity index (χ0n) is 14.1. The first-order chi connectivity index (χ1) is 12.0. The van der Waals surface area contributed by atoms with Gasteiger partial charge in [0.1, 0.15) is 0 Å². The van der Waals surface area contributed by atoms with Crippen LogP contribution in [-0.2, 0) is 10.5 Å². The van der Waals surface area contributed by atoms with E-state index in [1.54, 1.807) is 23.6 Å². The van der Waals surface area contributed by atoms with Crippen molar-refractivity contribution in [2.75, 3.05) is 13.1 Å². The highest BCUT2D eigenvalue weighted by atomic mass is 32.2. The second kappa shape index (κ2) is 7.35. The predicted molar refractivity (Wildman–Crippen MR) is 95.6 cm³/mol. The third kappa shape index (κ3) is 3.90. The molecule has 5 nitrogen and oxygen atoms in total. The summed E-state index contributed by atoms with van der Waals surface area (Å²) in [5.41, 5.74) is -0.0547. The maximum absolute atomic E-state index is 12.8. The van der Waals surface area contributed by atoms with E-state index in [1.807, 2.05) is 36.4 Å². The summed E-state index contributed by atoms with van der Waals surface area (Å²) >= 11 is 1.64. The van der Waals surface area contributed by atoms with Crippen molar-refractivity contribution in [3.05, 3.63) is 54.0 Å². The van der Waals surface area contributed by atoms with Crippen LogP contribution in [0.3, 0.4) is 0 Å². The number of likely N-dealkylation sites (tertiary alicyclic amines) is 1. The fraction of sp³-hybridized carbons (Fsp3) is 0.368. The van der Waals surface area contributed by atoms with Crippen molar-refractivity contribution in [1.82, 2.24) is 4.90 Å². The first kappa shape index (κ1) is 17.6. The molecule has 0 radical (unpaired) electrons. The quantitative estimate of drug-likeness (QED) is 0.820. The molecule has 132 valence electrons. The molecular formula is C19H21NO4S. The van der Waals surface area contributed by atoms with Crippen molar-refractivity contribution < 1.29 is 19.1 Å². The van der Waals surface area contributed by atoms with E-state index in [2.05, 4.69) is 0 Å². The molecule has 3 rings (SSSR count). The molecule has 1 saturated heterocycles. The molecule has 6 heteroatoms. The van der Waals surface area contributed by atoms with E-state index in [-0.39, 0.29) is 12.5 Å².